The number of amides is 4. The van der Waals surface area contributed by atoms with Crippen LogP contribution in [0.2, 0.25) is 0 Å². The third kappa shape index (κ3) is 12.5. The SMILES string of the molecule is C=CNC(Cc1ccccc1)C(=O)NC/C=C/[C@](C)(CC(C)C)C(=O)N[C@@H](CCCNC(N)=NC)C(=O)NC(C)(Cc1c[nH]c2ccccc12)C(N)=O. The molecule has 1 heterocycles. The molecular weight excluding hydrogens is 670 g/mol. The van der Waals surface area contributed by atoms with Crippen LogP contribution in [-0.4, -0.2) is 72.3 Å². The van der Waals surface area contributed by atoms with Crippen LogP contribution in [0.4, 0.5) is 0 Å². The third-order valence-corrected chi connectivity index (χ3v) is 9.15. The molecule has 10 N–H and O–H groups in total. The summed E-state index contributed by atoms with van der Waals surface area (Å²) in [7, 11) is 1.56. The van der Waals surface area contributed by atoms with Crippen LogP contribution in [0.25, 0.3) is 10.9 Å². The highest BCUT2D eigenvalue weighted by Crippen LogP contribution is 2.29. The number of benzene rings is 2. The van der Waals surface area contributed by atoms with E-state index in [1.54, 1.807) is 39.2 Å². The summed E-state index contributed by atoms with van der Waals surface area (Å²) in [5, 5.41) is 15.7. The highest BCUT2D eigenvalue weighted by Gasteiger charge is 2.38. The Hall–Kier alpha value is -5.59. The first kappa shape index (κ1) is 41.8. The lowest BCUT2D eigenvalue weighted by molar-refractivity contribution is -0.136. The first-order valence-corrected chi connectivity index (χ1v) is 18.0. The molecule has 0 spiro atoms. The standard InChI is InChI=1S/C40H57N9O4/c1-7-44-33(23-28-15-9-8-10-16-28)34(50)45-22-14-20-39(4,24-27(2)3)37(53)48-32(19-13-21-46-38(42)43-6)35(51)49-40(5,36(41)52)25-29-26-47-31-18-12-11-17-30(29)31/h7-12,14-18,20,26-27,32-33,44,47H,1,13,19,21-25H2,2-6H3,(H2,41,52)(H,45,50)(H,48,53)(H,49,51)(H3,42,43,46)/b20-14+/t32-,33?,39+,40?/m0/s1. The normalized spacial score (nSPS) is 15.2. The molecule has 53 heavy (non-hydrogen) atoms. The number of rotatable bonds is 21. The van der Waals surface area contributed by atoms with Crippen molar-refractivity contribution in [1.29, 1.82) is 0 Å². The number of nitrogens with one attached hydrogen (secondary N) is 6. The Morgan fingerprint density at radius 2 is 1.66 bits per heavy atom. The van der Waals surface area contributed by atoms with E-state index in [-0.39, 0.29) is 43.1 Å². The van der Waals surface area contributed by atoms with E-state index in [4.69, 9.17) is 11.5 Å². The first-order chi connectivity index (χ1) is 25.2. The van der Waals surface area contributed by atoms with Gasteiger partial charge in [-0.25, -0.2) is 0 Å². The van der Waals surface area contributed by atoms with Gasteiger partial charge in [0.15, 0.2) is 5.96 Å². The van der Waals surface area contributed by atoms with E-state index in [1.165, 1.54) is 6.20 Å². The van der Waals surface area contributed by atoms with Crippen molar-refractivity contribution in [1.82, 2.24) is 31.6 Å². The molecule has 13 heteroatoms. The molecule has 0 aliphatic carbocycles. The van der Waals surface area contributed by atoms with Crippen LogP contribution in [-0.2, 0) is 32.0 Å². The maximum atomic E-state index is 14.1. The Labute approximate surface area is 312 Å². The van der Waals surface area contributed by atoms with Crippen molar-refractivity contribution < 1.29 is 19.2 Å². The van der Waals surface area contributed by atoms with Gasteiger partial charge in [0.2, 0.25) is 23.6 Å². The molecular formula is C40H57N9O4. The zero-order valence-corrected chi connectivity index (χ0v) is 31.6. The van der Waals surface area contributed by atoms with Gasteiger partial charge in [0.1, 0.15) is 17.6 Å². The molecule has 0 saturated heterocycles. The summed E-state index contributed by atoms with van der Waals surface area (Å²) in [6.07, 6.45) is 8.60. The predicted octanol–water partition coefficient (Wildman–Crippen LogP) is 2.94. The highest BCUT2D eigenvalue weighted by atomic mass is 16.2. The lowest BCUT2D eigenvalue weighted by Gasteiger charge is -2.32. The number of nitrogens with two attached hydrogens (primary N) is 2. The van der Waals surface area contributed by atoms with Gasteiger partial charge in [0.25, 0.3) is 0 Å². The van der Waals surface area contributed by atoms with Gasteiger partial charge in [-0.3, -0.25) is 24.2 Å². The Kier molecular flexibility index (Phi) is 15.7. The number of carbonyl (C=O) groups excluding carboxylic acids is 4. The van der Waals surface area contributed by atoms with Gasteiger partial charge >= 0.3 is 0 Å². The number of aliphatic imine (C=N–C) groups is 1. The topological polar surface area (TPSA) is 209 Å². The monoisotopic (exact) mass is 727 g/mol. The average Bonchev–Trinajstić information content (AvgIpc) is 3.52. The van der Waals surface area contributed by atoms with Gasteiger partial charge in [0.05, 0.1) is 5.41 Å². The first-order valence-electron chi connectivity index (χ1n) is 18.0. The molecule has 0 radical (unpaired) electrons. The minimum absolute atomic E-state index is 0.124. The molecule has 4 atom stereocenters. The second-order valence-electron chi connectivity index (χ2n) is 14.2. The van der Waals surface area contributed by atoms with Crippen molar-refractivity contribution in [2.75, 3.05) is 20.1 Å². The number of aromatic amines is 1. The van der Waals surface area contributed by atoms with Crippen LogP contribution in [0.1, 0.15) is 58.1 Å². The lowest BCUT2D eigenvalue weighted by Crippen LogP contribution is -2.61. The van der Waals surface area contributed by atoms with E-state index in [2.05, 4.69) is 43.1 Å². The zero-order chi connectivity index (χ0) is 39.0. The van der Waals surface area contributed by atoms with Crippen molar-refractivity contribution in [3.63, 3.8) is 0 Å². The smallest absolute Gasteiger partial charge is 0.243 e. The molecule has 13 nitrogen and oxygen atoms in total. The highest BCUT2D eigenvalue weighted by molar-refractivity contribution is 5.95. The second-order valence-corrected chi connectivity index (χ2v) is 14.2. The van der Waals surface area contributed by atoms with Crippen LogP contribution in [0, 0.1) is 11.3 Å². The van der Waals surface area contributed by atoms with Crippen molar-refractivity contribution >= 4 is 40.5 Å². The van der Waals surface area contributed by atoms with Gasteiger partial charge in [-0.15, -0.1) is 0 Å². The largest absolute Gasteiger partial charge is 0.380 e. The van der Waals surface area contributed by atoms with E-state index >= 15 is 0 Å². The summed E-state index contributed by atoms with van der Waals surface area (Å²) >= 11 is 0. The van der Waals surface area contributed by atoms with Crippen molar-refractivity contribution in [3.8, 4) is 0 Å². The molecule has 2 aromatic carbocycles. The molecule has 0 aliphatic heterocycles. The molecule has 2 unspecified atom stereocenters. The third-order valence-electron chi connectivity index (χ3n) is 9.15. The molecule has 0 aliphatic rings. The van der Waals surface area contributed by atoms with Crippen molar-refractivity contribution in [2.45, 2.75) is 77.4 Å². The molecule has 1 aromatic heterocycles. The summed E-state index contributed by atoms with van der Waals surface area (Å²) in [6, 6.07) is 15.8. The fourth-order valence-electron chi connectivity index (χ4n) is 6.31. The van der Waals surface area contributed by atoms with E-state index in [0.29, 0.717) is 25.8 Å². The Morgan fingerprint density at radius 1 is 0.962 bits per heavy atom. The van der Waals surface area contributed by atoms with Crippen LogP contribution in [0.3, 0.4) is 0 Å². The number of hydrogen-bond donors (Lipinski definition) is 8. The van der Waals surface area contributed by atoms with E-state index in [1.807, 2.05) is 68.4 Å². The van der Waals surface area contributed by atoms with Crippen LogP contribution in [0.5, 0.6) is 0 Å². The van der Waals surface area contributed by atoms with Crippen LogP contribution >= 0.6 is 0 Å². The van der Waals surface area contributed by atoms with Crippen LogP contribution in [0.15, 0.2) is 90.7 Å². The zero-order valence-electron chi connectivity index (χ0n) is 31.6. The molecule has 4 amide bonds. The van der Waals surface area contributed by atoms with E-state index in [9.17, 15) is 19.2 Å². The summed E-state index contributed by atoms with van der Waals surface area (Å²) in [5.74, 6) is -1.46. The lowest BCUT2D eigenvalue weighted by atomic mass is 9.80. The van der Waals surface area contributed by atoms with E-state index in [0.717, 1.165) is 22.0 Å². The number of carbonyl (C=O) groups is 4. The van der Waals surface area contributed by atoms with Gasteiger partial charge in [0, 0.05) is 50.1 Å². The fraction of sp³-hybridized carbons (Fsp3) is 0.425. The number of nitrogens with zero attached hydrogens (tertiary/aromatic N) is 1. The maximum Gasteiger partial charge on any atom is 0.243 e. The average molecular weight is 728 g/mol. The minimum atomic E-state index is -1.46. The number of H-pyrrole nitrogens is 1. The Bertz CT molecular complexity index is 1750. The number of fused-ring (bicyclic) bond motifs is 1. The number of para-hydroxylation sites is 1. The molecule has 3 rings (SSSR count). The summed E-state index contributed by atoms with van der Waals surface area (Å²) < 4.78 is 0. The Morgan fingerprint density at radius 3 is 2.32 bits per heavy atom. The molecule has 0 bridgehead atoms. The Balaban J connectivity index is 1.78. The molecule has 0 fully saturated rings. The predicted molar refractivity (Wildman–Crippen MR) is 211 cm³/mol. The number of hydrogen-bond acceptors (Lipinski definition) is 6. The fourth-order valence-corrected chi connectivity index (χ4v) is 6.31. The van der Waals surface area contributed by atoms with Gasteiger partial charge in [-0.05, 0) is 62.4 Å². The van der Waals surface area contributed by atoms with Gasteiger partial charge < -0.3 is 43.0 Å². The maximum absolute atomic E-state index is 14.1. The van der Waals surface area contributed by atoms with Crippen molar-refractivity contribution in [3.05, 3.63) is 96.9 Å². The van der Waals surface area contributed by atoms with Gasteiger partial charge in [-0.2, -0.15) is 0 Å². The van der Waals surface area contributed by atoms with Crippen LogP contribution < -0.4 is 38.1 Å². The minimum Gasteiger partial charge on any atom is -0.380 e. The molecule has 3 aromatic rings. The molecule has 286 valence electrons. The van der Waals surface area contributed by atoms with E-state index < -0.39 is 34.9 Å². The number of aromatic nitrogens is 1. The number of primary amides is 1. The summed E-state index contributed by atoms with van der Waals surface area (Å²) in [5.41, 5.74) is 11.9. The number of guanidine groups is 1. The quantitative estimate of drug-likeness (QED) is 0.0356. The summed E-state index contributed by atoms with van der Waals surface area (Å²) in [6.45, 7) is 11.7. The second kappa shape index (κ2) is 19.9. The van der Waals surface area contributed by atoms with Crippen molar-refractivity contribution in [2.24, 2.45) is 27.8 Å². The van der Waals surface area contributed by atoms with Gasteiger partial charge in [-0.1, -0.05) is 81.1 Å². The summed E-state index contributed by atoms with van der Waals surface area (Å²) in [4.78, 5) is 61.2. The molecule has 0 saturated carbocycles.